The van der Waals surface area contributed by atoms with Gasteiger partial charge in [0.2, 0.25) is 0 Å². The smallest absolute Gasteiger partial charge is 0.261 e. The van der Waals surface area contributed by atoms with Gasteiger partial charge in [-0.2, -0.15) is 0 Å². The number of halogens is 2. The maximum Gasteiger partial charge on any atom is 0.261 e. The highest BCUT2D eigenvalue weighted by atomic mass is 19.3. The Morgan fingerprint density at radius 2 is 2.14 bits per heavy atom. The van der Waals surface area contributed by atoms with Crippen LogP contribution in [0, 0.1) is 0 Å². The summed E-state index contributed by atoms with van der Waals surface area (Å²) in [6.45, 7) is 1.70. The maximum atomic E-state index is 11.7. The monoisotopic (exact) mass is 211 g/mol. The summed E-state index contributed by atoms with van der Waals surface area (Å²) in [4.78, 5) is 0. The van der Waals surface area contributed by atoms with E-state index in [9.17, 15) is 8.78 Å². The van der Waals surface area contributed by atoms with Gasteiger partial charge in [-0.25, -0.2) is 8.78 Å². The molecule has 1 atom stereocenters. The molecule has 86 valence electrons. The first-order chi connectivity index (χ1) is 6.54. The summed E-state index contributed by atoms with van der Waals surface area (Å²) < 4.78 is 28.0. The summed E-state index contributed by atoms with van der Waals surface area (Å²) >= 11 is 0. The van der Waals surface area contributed by atoms with Crippen LogP contribution in [-0.2, 0) is 4.74 Å². The lowest BCUT2D eigenvalue weighted by atomic mass is 9.97. The fourth-order valence-corrected chi connectivity index (χ4v) is 1.02. The zero-order chi connectivity index (χ0) is 11.0. The predicted octanol–water partition coefficient (Wildman–Crippen LogP) is 1.02. The molecule has 0 aromatic heterocycles. The lowest BCUT2D eigenvalue weighted by Gasteiger charge is -2.26. The van der Waals surface area contributed by atoms with Crippen molar-refractivity contribution >= 4 is 0 Å². The highest BCUT2D eigenvalue weighted by Crippen LogP contribution is 2.10. The average Bonchev–Trinajstić information content (AvgIpc) is 2.16. The molecule has 0 amide bonds. The molecule has 0 aromatic rings. The van der Waals surface area contributed by atoms with Crippen LogP contribution in [0.4, 0.5) is 8.78 Å². The molecular formula is C9H19F2NO2. The second kappa shape index (κ2) is 7.09. The molecule has 0 saturated heterocycles. The van der Waals surface area contributed by atoms with E-state index in [1.807, 2.05) is 6.92 Å². The molecule has 14 heavy (non-hydrogen) atoms. The average molecular weight is 211 g/mol. The fraction of sp³-hybridized carbons (Fsp3) is 1.00. The van der Waals surface area contributed by atoms with Crippen molar-refractivity contribution in [1.29, 1.82) is 0 Å². The van der Waals surface area contributed by atoms with Gasteiger partial charge in [0, 0.05) is 12.1 Å². The van der Waals surface area contributed by atoms with Crippen molar-refractivity contribution in [2.24, 2.45) is 0 Å². The molecule has 0 fully saturated rings. The highest BCUT2D eigenvalue weighted by Gasteiger charge is 2.19. The topological polar surface area (TPSA) is 41.5 Å². The molecule has 0 heterocycles. The first-order valence-electron chi connectivity index (χ1n) is 4.70. The third-order valence-electron chi connectivity index (χ3n) is 2.21. The molecule has 0 aliphatic rings. The SMILES string of the molecule is CNC(C)(CO)CCCOCC(F)F. The van der Waals surface area contributed by atoms with E-state index in [2.05, 4.69) is 5.32 Å². The van der Waals surface area contributed by atoms with Crippen molar-refractivity contribution in [3.8, 4) is 0 Å². The Morgan fingerprint density at radius 1 is 1.50 bits per heavy atom. The summed E-state index contributed by atoms with van der Waals surface area (Å²) in [5, 5.41) is 12.0. The lowest BCUT2D eigenvalue weighted by Crippen LogP contribution is -2.43. The quantitative estimate of drug-likeness (QED) is 0.589. The summed E-state index contributed by atoms with van der Waals surface area (Å²) in [5.41, 5.74) is -0.339. The molecule has 0 rings (SSSR count). The van der Waals surface area contributed by atoms with E-state index < -0.39 is 13.0 Å². The molecule has 0 aliphatic carbocycles. The number of aliphatic hydroxyl groups excluding tert-OH is 1. The first kappa shape index (κ1) is 13.7. The van der Waals surface area contributed by atoms with Gasteiger partial charge in [0.1, 0.15) is 6.61 Å². The minimum Gasteiger partial charge on any atom is -0.394 e. The second-order valence-corrected chi connectivity index (χ2v) is 3.54. The minimum absolute atomic E-state index is 0.0261. The number of hydrogen-bond donors (Lipinski definition) is 2. The molecule has 5 heteroatoms. The van der Waals surface area contributed by atoms with Crippen molar-refractivity contribution < 1.29 is 18.6 Å². The number of likely N-dealkylation sites (N-methyl/N-ethyl adjacent to an activating group) is 1. The number of alkyl halides is 2. The van der Waals surface area contributed by atoms with Gasteiger partial charge in [-0.1, -0.05) is 0 Å². The van der Waals surface area contributed by atoms with Crippen LogP contribution in [0.2, 0.25) is 0 Å². The van der Waals surface area contributed by atoms with Crippen LogP contribution in [0.1, 0.15) is 19.8 Å². The van der Waals surface area contributed by atoms with Gasteiger partial charge < -0.3 is 15.2 Å². The molecule has 2 N–H and O–H groups in total. The van der Waals surface area contributed by atoms with E-state index in [1.165, 1.54) is 0 Å². The molecule has 0 bridgehead atoms. The van der Waals surface area contributed by atoms with E-state index in [0.717, 1.165) is 0 Å². The Kier molecular flexibility index (Phi) is 6.96. The number of aliphatic hydroxyl groups is 1. The van der Waals surface area contributed by atoms with Crippen LogP contribution in [0.5, 0.6) is 0 Å². The number of nitrogens with one attached hydrogen (secondary N) is 1. The van der Waals surface area contributed by atoms with E-state index in [4.69, 9.17) is 9.84 Å². The Labute approximate surface area is 83.4 Å². The molecule has 0 radical (unpaired) electrons. The molecule has 0 saturated carbocycles. The Balaban J connectivity index is 3.43. The molecule has 3 nitrogen and oxygen atoms in total. The summed E-state index contributed by atoms with van der Waals surface area (Å²) in [7, 11) is 1.76. The van der Waals surface area contributed by atoms with Crippen LogP contribution in [0.3, 0.4) is 0 Å². The first-order valence-corrected chi connectivity index (χ1v) is 4.70. The number of rotatable bonds is 8. The van der Waals surface area contributed by atoms with E-state index in [0.29, 0.717) is 19.4 Å². The maximum absolute atomic E-state index is 11.7. The van der Waals surface area contributed by atoms with E-state index in [-0.39, 0.29) is 12.1 Å². The Bertz CT molecular complexity index is 141. The third kappa shape index (κ3) is 6.23. The molecule has 0 spiro atoms. The van der Waals surface area contributed by atoms with Gasteiger partial charge in [-0.3, -0.25) is 0 Å². The largest absolute Gasteiger partial charge is 0.394 e. The number of ether oxygens (including phenoxy) is 1. The number of hydrogen-bond acceptors (Lipinski definition) is 3. The van der Waals surface area contributed by atoms with Crippen molar-refractivity contribution in [2.75, 3.05) is 26.9 Å². The zero-order valence-electron chi connectivity index (χ0n) is 8.72. The Hall–Kier alpha value is -0.260. The van der Waals surface area contributed by atoms with Crippen LogP contribution in [0.25, 0.3) is 0 Å². The molecule has 0 aromatic carbocycles. The predicted molar refractivity (Wildman–Crippen MR) is 50.6 cm³/mol. The standard InChI is InChI=1S/C9H19F2NO2/c1-9(7-13,12-2)4-3-5-14-6-8(10)11/h8,12-13H,3-7H2,1-2H3. The minimum atomic E-state index is -2.40. The zero-order valence-corrected chi connectivity index (χ0v) is 8.72. The molecule has 1 unspecified atom stereocenters. The van der Waals surface area contributed by atoms with Gasteiger partial charge >= 0.3 is 0 Å². The van der Waals surface area contributed by atoms with Crippen LogP contribution in [-0.4, -0.2) is 43.9 Å². The van der Waals surface area contributed by atoms with Crippen molar-refractivity contribution in [2.45, 2.75) is 31.7 Å². The normalized spacial score (nSPS) is 15.9. The van der Waals surface area contributed by atoms with Crippen LogP contribution in [0.15, 0.2) is 0 Å². The van der Waals surface area contributed by atoms with Crippen LogP contribution < -0.4 is 5.32 Å². The van der Waals surface area contributed by atoms with Gasteiger partial charge in [-0.15, -0.1) is 0 Å². The van der Waals surface area contributed by atoms with E-state index >= 15 is 0 Å². The fourth-order valence-electron chi connectivity index (χ4n) is 1.02. The Morgan fingerprint density at radius 3 is 2.57 bits per heavy atom. The summed E-state index contributed by atoms with van der Waals surface area (Å²) in [6, 6.07) is 0. The van der Waals surface area contributed by atoms with Crippen molar-refractivity contribution in [3.05, 3.63) is 0 Å². The van der Waals surface area contributed by atoms with Gasteiger partial charge in [0.25, 0.3) is 6.43 Å². The van der Waals surface area contributed by atoms with Crippen molar-refractivity contribution in [1.82, 2.24) is 5.32 Å². The van der Waals surface area contributed by atoms with Crippen LogP contribution >= 0.6 is 0 Å². The van der Waals surface area contributed by atoms with Gasteiger partial charge in [0.15, 0.2) is 0 Å². The summed E-state index contributed by atoms with van der Waals surface area (Å²) in [5.74, 6) is 0. The lowest BCUT2D eigenvalue weighted by molar-refractivity contribution is 0.0137. The highest BCUT2D eigenvalue weighted by molar-refractivity contribution is 4.79. The summed E-state index contributed by atoms with van der Waals surface area (Å²) in [6.07, 6.45) is -1.04. The van der Waals surface area contributed by atoms with Crippen molar-refractivity contribution in [3.63, 3.8) is 0 Å². The van der Waals surface area contributed by atoms with E-state index in [1.54, 1.807) is 7.05 Å². The van der Waals surface area contributed by atoms with Gasteiger partial charge in [0.05, 0.1) is 6.61 Å². The second-order valence-electron chi connectivity index (χ2n) is 3.54. The molecular weight excluding hydrogens is 192 g/mol. The third-order valence-corrected chi connectivity index (χ3v) is 2.21. The molecule has 0 aliphatic heterocycles. The van der Waals surface area contributed by atoms with Gasteiger partial charge in [-0.05, 0) is 26.8 Å².